The lowest BCUT2D eigenvalue weighted by Gasteiger charge is -2.53. The number of alkyl halides is 2. The Labute approximate surface area is 165 Å². The third-order valence-corrected chi connectivity index (χ3v) is 7.76. The maximum Gasteiger partial charge on any atom is 0.361 e. The number of allylic oxidation sites excluding steroid dienone is 1. The van der Waals surface area contributed by atoms with Crippen LogP contribution in [-0.2, 0) is 4.74 Å². The topological polar surface area (TPSA) is 9.23 Å². The molecular weight excluding hydrogens is 342 g/mol. The Bertz CT molecular complexity index is 447. The Hall–Kier alpha value is -0.440. The van der Waals surface area contributed by atoms with Crippen LogP contribution in [0, 0.1) is 29.6 Å². The summed E-state index contributed by atoms with van der Waals surface area (Å²) in [5.74, 6) is 1.33. The molecule has 1 saturated heterocycles. The van der Waals surface area contributed by atoms with E-state index in [0.29, 0.717) is 11.8 Å². The number of unbranched alkanes of at least 4 members (excludes halogenated alkanes) is 4. The van der Waals surface area contributed by atoms with E-state index in [0.717, 1.165) is 44.4 Å². The fourth-order valence-electron chi connectivity index (χ4n) is 5.97. The van der Waals surface area contributed by atoms with Crippen molar-refractivity contribution in [2.75, 3.05) is 0 Å². The molecule has 0 unspecified atom stereocenters. The number of halogens is 2. The van der Waals surface area contributed by atoms with Crippen LogP contribution in [0.25, 0.3) is 0 Å². The van der Waals surface area contributed by atoms with E-state index in [2.05, 4.69) is 13.5 Å². The van der Waals surface area contributed by atoms with Crippen LogP contribution in [0.3, 0.4) is 0 Å². The van der Waals surface area contributed by atoms with E-state index in [1.807, 2.05) is 6.08 Å². The first-order valence-electron chi connectivity index (χ1n) is 11.7. The van der Waals surface area contributed by atoms with Gasteiger partial charge in [0.05, 0.1) is 12.0 Å². The van der Waals surface area contributed by atoms with Crippen molar-refractivity contribution < 1.29 is 13.5 Å². The molecule has 0 spiro atoms. The van der Waals surface area contributed by atoms with E-state index in [9.17, 15) is 8.78 Å². The zero-order valence-corrected chi connectivity index (χ0v) is 17.3. The van der Waals surface area contributed by atoms with Crippen LogP contribution in [0.15, 0.2) is 12.7 Å². The van der Waals surface area contributed by atoms with Crippen molar-refractivity contribution in [3.63, 3.8) is 0 Å². The van der Waals surface area contributed by atoms with Crippen molar-refractivity contribution in [2.24, 2.45) is 29.6 Å². The summed E-state index contributed by atoms with van der Waals surface area (Å²) in [6.45, 7) is 6.13. The normalized spacial score (nSPS) is 38.9. The highest BCUT2D eigenvalue weighted by atomic mass is 19.3. The SMILES string of the molecule is C=C[C@H]1CC[C@H]([C@H]2[C@H](C3CCC(CCCCCCC)CC3)OC2(F)F)CC1. The molecule has 1 aliphatic heterocycles. The van der Waals surface area contributed by atoms with E-state index in [1.165, 1.54) is 51.4 Å². The molecule has 156 valence electrons. The molecule has 0 N–H and O–H groups in total. The van der Waals surface area contributed by atoms with Crippen LogP contribution in [0.2, 0.25) is 0 Å². The minimum atomic E-state index is -2.88. The number of hydrogen-bond acceptors (Lipinski definition) is 1. The van der Waals surface area contributed by atoms with Crippen LogP contribution >= 0.6 is 0 Å². The van der Waals surface area contributed by atoms with E-state index in [1.54, 1.807) is 0 Å². The lowest BCUT2D eigenvalue weighted by atomic mass is 9.66. The lowest BCUT2D eigenvalue weighted by molar-refractivity contribution is -0.418. The summed E-state index contributed by atoms with van der Waals surface area (Å²) >= 11 is 0. The summed E-state index contributed by atoms with van der Waals surface area (Å²) in [6, 6.07) is 0. The Balaban J connectivity index is 1.43. The van der Waals surface area contributed by atoms with Gasteiger partial charge >= 0.3 is 6.11 Å². The Morgan fingerprint density at radius 3 is 2.11 bits per heavy atom. The molecule has 0 radical (unpaired) electrons. The Morgan fingerprint density at radius 1 is 0.889 bits per heavy atom. The number of ether oxygens (including phenoxy) is 1. The van der Waals surface area contributed by atoms with Gasteiger partial charge in [-0.3, -0.25) is 0 Å². The lowest BCUT2D eigenvalue weighted by Crippen LogP contribution is -2.61. The Kier molecular flexibility index (Phi) is 7.76. The average molecular weight is 383 g/mol. The second-order valence-electron chi connectivity index (χ2n) is 9.56. The average Bonchev–Trinajstić information content (AvgIpc) is 2.67. The molecule has 3 rings (SSSR count). The van der Waals surface area contributed by atoms with Gasteiger partial charge in [0.15, 0.2) is 0 Å². The summed E-state index contributed by atoms with van der Waals surface area (Å²) in [5.41, 5.74) is 0. The third kappa shape index (κ3) is 5.34. The first kappa shape index (κ1) is 21.3. The Morgan fingerprint density at radius 2 is 1.52 bits per heavy atom. The quantitative estimate of drug-likeness (QED) is 0.292. The molecule has 1 heterocycles. The summed E-state index contributed by atoms with van der Waals surface area (Å²) in [4.78, 5) is 0. The van der Waals surface area contributed by atoms with E-state index in [-0.39, 0.29) is 12.0 Å². The van der Waals surface area contributed by atoms with Crippen molar-refractivity contribution >= 4 is 0 Å². The second-order valence-corrected chi connectivity index (χ2v) is 9.56. The highest BCUT2D eigenvalue weighted by molar-refractivity contribution is 4.99. The van der Waals surface area contributed by atoms with Crippen LogP contribution in [-0.4, -0.2) is 12.2 Å². The molecule has 3 heteroatoms. The third-order valence-electron chi connectivity index (χ3n) is 7.76. The first-order valence-corrected chi connectivity index (χ1v) is 11.7. The molecule has 2 aliphatic carbocycles. The number of hydrogen-bond donors (Lipinski definition) is 0. The molecular formula is C24H40F2O. The minimum Gasteiger partial charge on any atom is -0.316 e. The van der Waals surface area contributed by atoms with Gasteiger partial charge < -0.3 is 4.74 Å². The van der Waals surface area contributed by atoms with Crippen molar-refractivity contribution in [3.8, 4) is 0 Å². The molecule has 0 aromatic heterocycles. The molecule has 1 nitrogen and oxygen atoms in total. The van der Waals surface area contributed by atoms with Crippen molar-refractivity contribution in [1.82, 2.24) is 0 Å². The predicted octanol–water partition coefficient (Wildman–Crippen LogP) is 7.75. The molecule has 0 aromatic carbocycles. The van der Waals surface area contributed by atoms with Gasteiger partial charge in [0.1, 0.15) is 0 Å². The first-order chi connectivity index (χ1) is 13.0. The molecule has 27 heavy (non-hydrogen) atoms. The van der Waals surface area contributed by atoms with Gasteiger partial charge in [-0.2, -0.15) is 8.78 Å². The largest absolute Gasteiger partial charge is 0.361 e. The van der Waals surface area contributed by atoms with Gasteiger partial charge in [0.25, 0.3) is 0 Å². The molecule has 3 aliphatic rings. The van der Waals surface area contributed by atoms with Crippen molar-refractivity contribution in [1.29, 1.82) is 0 Å². The zero-order valence-electron chi connectivity index (χ0n) is 17.3. The summed E-state index contributed by atoms with van der Waals surface area (Å²) in [6.07, 6.45) is 15.5. The van der Waals surface area contributed by atoms with Gasteiger partial charge in [-0.15, -0.1) is 6.58 Å². The van der Waals surface area contributed by atoms with Crippen molar-refractivity contribution in [3.05, 3.63) is 12.7 Å². The molecule has 0 bridgehead atoms. The van der Waals surface area contributed by atoms with E-state index < -0.39 is 12.0 Å². The maximum absolute atomic E-state index is 14.3. The summed E-state index contributed by atoms with van der Waals surface area (Å²) < 4.78 is 33.7. The van der Waals surface area contributed by atoms with Gasteiger partial charge in [-0.1, -0.05) is 64.4 Å². The molecule has 0 aromatic rings. The smallest absolute Gasteiger partial charge is 0.316 e. The van der Waals surface area contributed by atoms with Gasteiger partial charge in [-0.05, 0) is 62.2 Å². The highest BCUT2D eigenvalue weighted by Crippen LogP contribution is 2.55. The van der Waals surface area contributed by atoms with Gasteiger partial charge in [0, 0.05) is 0 Å². The van der Waals surface area contributed by atoms with Crippen LogP contribution < -0.4 is 0 Å². The molecule has 0 amide bonds. The second kappa shape index (κ2) is 9.85. The molecule has 2 atom stereocenters. The van der Waals surface area contributed by atoms with Crippen LogP contribution in [0.1, 0.15) is 96.8 Å². The van der Waals surface area contributed by atoms with Crippen LogP contribution in [0.5, 0.6) is 0 Å². The fourth-order valence-corrected chi connectivity index (χ4v) is 5.97. The maximum atomic E-state index is 14.3. The molecule has 2 saturated carbocycles. The summed E-state index contributed by atoms with van der Waals surface area (Å²) in [7, 11) is 0. The van der Waals surface area contributed by atoms with Gasteiger partial charge in [-0.25, -0.2) is 0 Å². The monoisotopic (exact) mass is 382 g/mol. The van der Waals surface area contributed by atoms with E-state index in [4.69, 9.17) is 4.74 Å². The standard InChI is InChI=1S/C24H40F2O/c1-3-5-6-7-8-9-19-12-16-21(17-13-19)23-22(24(25,26)27-23)20-14-10-18(4-2)11-15-20/h4,18-23H,2-3,5-17H2,1H3/t18-,19?,20-,21?,22-,23-/m0/s1. The zero-order chi connectivity index (χ0) is 19.3. The highest BCUT2D eigenvalue weighted by Gasteiger charge is 2.62. The van der Waals surface area contributed by atoms with Gasteiger partial charge in [0.2, 0.25) is 0 Å². The van der Waals surface area contributed by atoms with Crippen LogP contribution in [0.4, 0.5) is 8.78 Å². The summed E-state index contributed by atoms with van der Waals surface area (Å²) in [5, 5.41) is 0. The minimum absolute atomic E-state index is 0.145. The molecule has 3 fully saturated rings. The predicted molar refractivity (Wildman–Crippen MR) is 108 cm³/mol. The fraction of sp³-hybridized carbons (Fsp3) is 0.917. The number of rotatable bonds is 9. The van der Waals surface area contributed by atoms with Crippen molar-refractivity contribution in [2.45, 2.75) is 109 Å². The van der Waals surface area contributed by atoms with E-state index >= 15 is 0 Å².